The number of carbonyl (C=O) groups excluding carboxylic acids is 3. The molecule has 0 bridgehead atoms. The zero-order chi connectivity index (χ0) is 23.7. The standard InChI is InChI=1S/C28H29N3O3/c1-20-18-23(21-8-3-2-4-9-21)19-31(20)28(34)27(33)30-16-14-29(15-17-30)26(32)25-13-7-11-22-10-5-6-12-24(22)25/h2-13,20,23H,14-19H2,1H3. The van der Waals surface area contributed by atoms with Crippen molar-refractivity contribution in [3.05, 3.63) is 83.9 Å². The van der Waals surface area contributed by atoms with E-state index in [-0.39, 0.29) is 17.9 Å². The molecule has 5 rings (SSSR count). The summed E-state index contributed by atoms with van der Waals surface area (Å²) in [7, 11) is 0. The molecule has 6 heteroatoms. The molecule has 3 aromatic rings. The Balaban J connectivity index is 1.21. The Morgan fingerprint density at radius 3 is 2.15 bits per heavy atom. The molecular formula is C28H29N3O3. The van der Waals surface area contributed by atoms with Gasteiger partial charge in [0.15, 0.2) is 0 Å². The first-order valence-electron chi connectivity index (χ1n) is 11.9. The Labute approximate surface area is 199 Å². The summed E-state index contributed by atoms with van der Waals surface area (Å²) in [4.78, 5) is 44.4. The topological polar surface area (TPSA) is 60.9 Å². The van der Waals surface area contributed by atoms with Crippen molar-refractivity contribution in [3.8, 4) is 0 Å². The third kappa shape index (κ3) is 4.16. The molecule has 2 atom stereocenters. The van der Waals surface area contributed by atoms with E-state index in [1.807, 2.05) is 67.6 Å². The highest BCUT2D eigenvalue weighted by Crippen LogP contribution is 2.31. The predicted molar refractivity (Wildman–Crippen MR) is 131 cm³/mol. The fourth-order valence-electron chi connectivity index (χ4n) is 5.23. The molecular weight excluding hydrogens is 426 g/mol. The van der Waals surface area contributed by atoms with E-state index in [0.29, 0.717) is 38.3 Å². The zero-order valence-corrected chi connectivity index (χ0v) is 19.4. The Hall–Kier alpha value is -3.67. The van der Waals surface area contributed by atoms with Crippen LogP contribution in [0, 0.1) is 0 Å². The zero-order valence-electron chi connectivity index (χ0n) is 19.4. The number of fused-ring (bicyclic) bond motifs is 1. The van der Waals surface area contributed by atoms with E-state index in [1.165, 1.54) is 5.56 Å². The summed E-state index contributed by atoms with van der Waals surface area (Å²) in [6.45, 7) is 4.15. The lowest BCUT2D eigenvalue weighted by atomic mass is 9.97. The van der Waals surface area contributed by atoms with Gasteiger partial charge in [-0.15, -0.1) is 0 Å². The monoisotopic (exact) mass is 455 g/mol. The first-order valence-corrected chi connectivity index (χ1v) is 11.9. The lowest BCUT2D eigenvalue weighted by Crippen LogP contribution is -2.54. The van der Waals surface area contributed by atoms with Crippen LogP contribution in [0.25, 0.3) is 10.8 Å². The van der Waals surface area contributed by atoms with Crippen LogP contribution in [0.15, 0.2) is 72.8 Å². The third-order valence-electron chi connectivity index (χ3n) is 7.16. The molecule has 2 saturated heterocycles. The van der Waals surface area contributed by atoms with Crippen molar-refractivity contribution in [3.63, 3.8) is 0 Å². The fourth-order valence-corrected chi connectivity index (χ4v) is 5.23. The molecule has 2 aliphatic heterocycles. The minimum atomic E-state index is -0.460. The Bertz CT molecular complexity index is 1210. The van der Waals surface area contributed by atoms with Crippen LogP contribution < -0.4 is 0 Å². The van der Waals surface area contributed by atoms with Crippen LogP contribution in [0.2, 0.25) is 0 Å². The number of hydrogen-bond acceptors (Lipinski definition) is 3. The number of likely N-dealkylation sites (tertiary alicyclic amines) is 1. The van der Waals surface area contributed by atoms with Gasteiger partial charge in [0, 0.05) is 50.2 Å². The van der Waals surface area contributed by atoms with Gasteiger partial charge >= 0.3 is 11.8 Å². The summed E-state index contributed by atoms with van der Waals surface area (Å²) in [5.41, 5.74) is 1.88. The molecule has 2 aliphatic rings. The summed E-state index contributed by atoms with van der Waals surface area (Å²) in [6, 6.07) is 23.8. The maximum atomic E-state index is 13.2. The number of amides is 3. The smallest absolute Gasteiger partial charge is 0.312 e. The van der Waals surface area contributed by atoms with Crippen LogP contribution in [0.4, 0.5) is 0 Å². The second-order valence-corrected chi connectivity index (χ2v) is 9.26. The van der Waals surface area contributed by atoms with E-state index < -0.39 is 11.8 Å². The average molecular weight is 456 g/mol. The number of benzene rings is 3. The van der Waals surface area contributed by atoms with Crippen LogP contribution in [0.5, 0.6) is 0 Å². The minimum absolute atomic E-state index is 0.0240. The highest BCUT2D eigenvalue weighted by molar-refractivity contribution is 6.35. The van der Waals surface area contributed by atoms with Crippen LogP contribution in [-0.2, 0) is 9.59 Å². The highest BCUT2D eigenvalue weighted by Gasteiger charge is 2.38. The first-order chi connectivity index (χ1) is 16.5. The lowest BCUT2D eigenvalue weighted by Gasteiger charge is -2.35. The van der Waals surface area contributed by atoms with Crippen molar-refractivity contribution in [1.82, 2.24) is 14.7 Å². The lowest BCUT2D eigenvalue weighted by molar-refractivity contribution is -0.153. The summed E-state index contributed by atoms with van der Waals surface area (Å²) < 4.78 is 0. The molecule has 3 amide bonds. The van der Waals surface area contributed by atoms with Crippen LogP contribution in [0.3, 0.4) is 0 Å². The van der Waals surface area contributed by atoms with Gasteiger partial charge in [-0.25, -0.2) is 0 Å². The Kier molecular flexibility index (Phi) is 6.05. The van der Waals surface area contributed by atoms with Crippen molar-refractivity contribution < 1.29 is 14.4 Å². The van der Waals surface area contributed by atoms with Gasteiger partial charge in [-0.3, -0.25) is 14.4 Å². The van der Waals surface area contributed by atoms with Crippen LogP contribution >= 0.6 is 0 Å². The number of carbonyl (C=O) groups is 3. The van der Waals surface area contributed by atoms with Crippen LogP contribution in [0.1, 0.15) is 35.2 Å². The molecule has 34 heavy (non-hydrogen) atoms. The molecule has 2 heterocycles. The molecule has 2 unspecified atom stereocenters. The largest absolute Gasteiger partial charge is 0.335 e. The summed E-state index contributed by atoms with van der Waals surface area (Å²) in [5, 5.41) is 1.96. The fraction of sp³-hybridized carbons (Fsp3) is 0.321. The normalized spacial score (nSPS) is 20.6. The number of nitrogens with zero attached hydrogens (tertiary/aromatic N) is 3. The Morgan fingerprint density at radius 2 is 1.38 bits per heavy atom. The highest BCUT2D eigenvalue weighted by atomic mass is 16.2. The molecule has 3 aromatic carbocycles. The number of rotatable bonds is 2. The molecule has 2 fully saturated rings. The summed E-state index contributed by atoms with van der Waals surface area (Å²) in [6.07, 6.45) is 0.857. The molecule has 0 aromatic heterocycles. The third-order valence-corrected chi connectivity index (χ3v) is 7.16. The first kappa shape index (κ1) is 22.1. The van der Waals surface area contributed by atoms with Gasteiger partial charge < -0.3 is 14.7 Å². The van der Waals surface area contributed by atoms with Crippen molar-refractivity contribution in [2.45, 2.75) is 25.3 Å². The molecule has 0 N–H and O–H groups in total. The SMILES string of the molecule is CC1CC(c2ccccc2)CN1C(=O)C(=O)N1CCN(C(=O)c2cccc3ccccc23)CC1. The quantitative estimate of drug-likeness (QED) is 0.556. The maximum absolute atomic E-state index is 13.2. The van der Waals surface area contributed by atoms with E-state index >= 15 is 0 Å². The van der Waals surface area contributed by atoms with E-state index in [9.17, 15) is 14.4 Å². The molecule has 0 aliphatic carbocycles. The van der Waals surface area contributed by atoms with Gasteiger partial charge in [-0.1, -0.05) is 66.7 Å². The van der Waals surface area contributed by atoms with E-state index in [0.717, 1.165) is 17.2 Å². The van der Waals surface area contributed by atoms with Crippen LogP contribution in [-0.4, -0.2) is 71.2 Å². The van der Waals surface area contributed by atoms with E-state index in [2.05, 4.69) is 12.1 Å². The van der Waals surface area contributed by atoms with Gasteiger partial charge in [-0.05, 0) is 35.7 Å². The molecule has 0 spiro atoms. The average Bonchev–Trinajstić information content (AvgIpc) is 3.29. The Morgan fingerprint density at radius 1 is 0.735 bits per heavy atom. The number of hydrogen-bond donors (Lipinski definition) is 0. The van der Waals surface area contributed by atoms with Gasteiger partial charge in [0.25, 0.3) is 5.91 Å². The van der Waals surface area contributed by atoms with Crippen molar-refractivity contribution >= 4 is 28.5 Å². The molecule has 174 valence electrons. The second kappa shape index (κ2) is 9.29. The van der Waals surface area contributed by atoms with E-state index in [4.69, 9.17) is 0 Å². The van der Waals surface area contributed by atoms with Gasteiger partial charge in [0.1, 0.15) is 0 Å². The second-order valence-electron chi connectivity index (χ2n) is 9.26. The van der Waals surface area contributed by atoms with Crippen molar-refractivity contribution in [2.75, 3.05) is 32.7 Å². The minimum Gasteiger partial charge on any atom is -0.335 e. The maximum Gasteiger partial charge on any atom is 0.312 e. The molecule has 6 nitrogen and oxygen atoms in total. The molecule has 0 saturated carbocycles. The predicted octanol–water partition coefficient (Wildman–Crippen LogP) is 3.53. The van der Waals surface area contributed by atoms with Crippen molar-refractivity contribution in [2.24, 2.45) is 0 Å². The van der Waals surface area contributed by atoms with Crippen molar-refractivity contribution in [1.29, 1.82) is 0 Å². The molecule has 0 radical (unpaired) electrons. The summed E-state index contributed by atoms with van der Waals surface area (Å²) >= 11 is 0. The van der Waals surface area contributed by atoms with Gasteiger partial charge in [0.2, 0.25) is 0 Å². The number of piperazine rings is 1. The van der Waals surface area contributed by atoms with Gasteiger partial charge in [-0.2, -0.15) is 0 Å². The van der Waals surface area contributed by atoms with E-state index in [1.54, 1.807) is 14.7 Å². The van der Waals surface area contributed by atoms with Gasteiger partial charge in [0.05, 0.1) is 0 Å². The summed E-state index contributed by atoms with van der Waals surface area (Å²) in [5.74, 6) is -0.671.